The number of aryl methyl sites for hydroxylation is 1. The molecule has 2 amide bonds. The number of carbonyl (C=O) groups is 2. The Labute approximate surface area is 186 Å². The van der Waals surface area contributed by atoms with Gasteiger partial charge in [-0.3, -0.25) is 9.59 Å². The van der Waals surface area contributed by atoms with Gasteiger partial charge in [0.1, 0.15) is 11.8 Å². The summed E-state index contributed by atoms with van der Waals surface area (Å²) in [5.74, 6) is 0.395. The maximum Gasteiger partial charge on any atom is 0.261 e. The molecule has 0 saturated carbocycles. The highest BCUT2D eigenvalue weighted by atomic mass is 16.5. The van der Waals surface area contributed by atoms with Gasteiger partial charge in [0.25, 0.3) is 5.91 Å². The van der Waals surface area contributed by atoms with Crippen molar-refractivity contribution in [3.63, 3.8) is 0 Å². The van der Waals surface area contributed by atoms with Crippen LogP contribution in [0.4, 0.5) is 0 Å². The van der Waals surface area contributed by atoms with Crippen LogP contribution in [0.1, 0.15) is 51.2 Å². The Bertz CT molecular complexity index is 790. The summed E-state index contributed by atoms with van der Waals surface area (Å²) in [6.45, 7) is 7.15. The van der Waals surface area contributed by atoms with E-state index in [2.05, 4.69) is 19.2 Å². The van der Waals surface area contributed by atoms with Gasteiger partial charge in [-0.2, -0.15) is 0 Å². The van der Waals surface area contributed by atoms with Gasteiger partial charge in [-0.05, 0) is 48.9 Å². The van der Waals surface area contributed by atoms with Gasteiger partial charge < -0.3 is 15.0 Å². The molecular formula is C26H36N2O3. The van der Waals surface area contributed by atoms with E-state index in [4.69, 9.17) is 4.74 Å². The van der Waals surface area contributed by atoms with Crippen molar-refractivity contribution in [3.05, 3.63) is 65.7 Å². The summed E-state index contributed by atoms with van der Waals surface area (Å²) in [6, 6.07) is 17.3. The average molecular weight is 425 g/mol. The third-order valence-electron chi connectivity index (χ3n) is 5.39. The lowest BCUT2D eigenvalue weighted by Gasteiger charge is -2.30. The zero-order valence-electron chi connectivity index (χ0n) is 19.1. The van der Waals surface area contributed by atoms with Gasteiger partial charge in [0.15, 0.2) is 6.61 Å². The van der Waals surface area contributed by atoms with Crippen LogP contribution in [0.5, 0.6) is 5.75 Å². The molecule has 2 rings (SSSR count). The molecule has 1 N–H and O–H groups in total. The molecule has 0 spiro atoms. The van der Waals surface area contributed by atoms with Crippen LogP contribution < -0.4 is 10.1 Å². The molecule has 0 fully saturated rings. The number of unbranched alkanes of at least 4 members (excludes halogenated alkanes) is 1. The smallest absolute Gasteiger partial charge is 0.261 e. The second kappa shape index (κ2) is 13.5. The Morgan fingerprint density at radius 2 is 1.68 bits per heavy atom. The first-order chi connectivity index (χ1) is 15.1. The summed E-state index contributed by atoms with van der Waals surface area (Å²) < 4.78 is 5.75. The SMILES string of the molecule is CCCCNC(=O)[C@@H](CC)N(CCc1ccccc1)C(=O)COc1ccc(CC)cc1. The maximum absolute atomic E-state index is 13.1. The number of hydrogen-bond donors (Lipinski definition) is 1. The van der Waals surface area contributed by atoms with Crippen molar-refractivity contribution in [3.8, 4) is 5.75 Å². The molecule has 168 valence electrons. The van der Waals surface area contributed by atoms with Crippen molar-refractivity contribution in [2.45, 2.75) is 58.9 Å². The van der Waals surface area contributed by atoms with E-state index in [0.29, 0.717) is 31.7 Å². The number of nitrogens with zero attached hydrogens (tertiary/aromatic N) is 1. The van der Waals surface area contributed by atoms with Crippen LogP contribution in [0.25, 0.3) is 0 Å². The topological polar surface area (TPSA) is 58.6 Å². The number of rotatable bonds is 13. The van der Waals surface area contributed by atoms with E-state index in [1.54, 1.807) is 4.90 Å². The molecule has 0 aliphatic carbocycles. The quantitative estimate of drug-likeness (QED) is 0.485. The molecule has 0 aliphatic heterocycles. The highest BCUT2D eigenvalue weighted by Crippen LogP contribution is 2.14. The first-order valence-electron chi connectivity index (χ1n) is 11.4. The van der Waals surface area contributed by atoms with Gasteiger partial charge in [0, 0.05) is 13.1 Å². The van der Waals surface area contributed by atoms with E-state index >= 15 is 0 Å². The molecule has 0 bridgehead atoms. The zero-order valence-corrected chi connectivity index (χ0v) is 19.1. The number of carbonyl (C=O) groups excluding carboxylic acids is 2. The fraction of sp³-hybridized carbons (Fsp3) is 0.462. The van der Waals surface area contributed by atoms with Gasteiger partial charge in [0.05, 0.1) is 0 Å². The molecular weight excluding hydrogens is 388 g/mol. The van der Waals surface area contributed by atoms with Crippen LogP contribution in [0, 0.1) is 0 Å². The Kier molecular flexibility index (Phi) is 10.6. The van der Waals surface area contributed by atoms with Crippen LogP contribution >= 0.6 is 0 Å². The minimum atomic E-state index is -0.501. The third kappa shape index (κ3) is 8.08. The average Bonchev–Trinajstić information content (AvgIpc) is 2.81. The lowest BCUT2D eigenvalue weighted by atomic mass is 10.1. The molecule has 2 aromatic rings. The van der Waals surface area contributed by atoms with Crippen LogP contribution in [-0.2, 0) is 22.4 Å². The number of ether oxygens (including phenoxy) is 1. The van der Waals surface area contributed by atoms with Gasteiger partial charge >= 0.3 is 0 Å². The Hall–Kier alpha value is -2.82. The highest BCUT2D eigenvalue weighted by molar-refractivity contribution is 5.88. The fourth-order valence-electron chi connectivity index (χ4n) is 3.45. The Balaban J connectivity index is 2.07. The van der Waals surface area contributed by atoms with Crippen molar-refractivity contribution in [1.29, 1.82) is 0 Å². The zero-order chi connectivity index (χ0) is 22.5. The predicted octanol–water partition coefficient (Wildman–Crippen LogP) is 4.39. The molecule has 0 aromatic heterocycles. The van der Waals surface area contributed by atoms with E-state index in [9.17, 15) is 9.59 Å². The summed E-state index contributed by atoms with van der Waals surface area (Å²) >= 11 is 0. The highest BCUT2D eigenvalue weighted by Gasteiger charge is 2.28. The maximum atomic E-state index is 13.1. The van der Waals surface area contributed by atoms with Crippen molar-refractivity contribution >= 4 is 11.8 Å². The molecule has 0 heterocycles. The van der Waals surface area contributed by atoms with Crippen LogP contribution in [0.3, 0.4) is 0 Å². The van der Waals surface area contributed by atoms with Crippen molar-refractivity contribution < 1.29 is 14.3 Å². The Morgan fingerprint density at radius 3 is 2.29 bits per heavy atom. The second-order valence-electron chi connectivity index (χ2n) is 7.68. The predicted molar refractivity (Wildman–Crippen MR) is 125 cm³/mol. The molecule has 0 unspecified atom stereocenters. The first-order valence-corrected chi connectivity index (χ1v) is 11.4. The molecule has 0 aliphatic rings. The van der Waals surface area contributed by atoms with Gasteiger partial charge in [-0.15, -0.1) is 0 Å². The first kappa shape index (κ1) is 24.4. The standard InChI is InChI=1S/C26H36N2O3/c1-4-7-18-27-26(30)24(6-3)28(19-17-22-11-9-8-10-12-22)25(29)20-31-23-15-13-21(5-2)14-16-23/h8-16,24H,4-7,17-20H2,1-3H3,(H,27,30)/t24-/m1/s1. The second-order valence-corrected chi connectivity index (χ2v) is 7.68. The Morgan fingerprint density at radius 1 is 0.968 bits per heavy atom. The molecule has 0 saturated heterocycles. The minimum Gasteiger partial charge on any atom is -0.484 e. The number of benzene rings is 2. The third-order valence-corrected chi connectivity index (χ3v) is 5.39. The van der Waals surface area contributed by atoms with Crippen molar-refractivity contribution in [1.82, 2.24) is 10.2 Å². The van der Waals surface area contributed by atoms with Crippen molar-refractivity contribution in [2.75, 3.05) is 19.7 Å². The van der Waals surface area contributed by atoms with Crippen LogP contribution in [-0.4, -0.2) is 42.5 Å². The van der Waals surface area contributed by atoms with Gasteiger partial charge in [0.2, 0.25) is 5.91 Å². The summed E-state index contributed by atoms with van der Waals surface area (Å²) in [6.07, 6.45) is 4.15. The van der Waals surface area contributed by atoms with E-state index in [0.717, 1.165) is 24.8 Å². The van der Waals surface area contributed by atoms with Crippen molar-refractivity contribution in [2.24, 2.45) is 0 Å². The fourth-order valence-corrected chi connectivity index (χ4v) is 3.45. The van der Waals surface area contributed by atoms with E-state index in [1.165, 1.54) is 5.56 Å². The summed E-state index contributed by atoms with van der Waals surface area (Å²) in [5, 5.41) is 2.98. The molecule has 0 radical (unpaired) electrons. The number of nitrogens with one attached hydrogen (secondary N) is 1. The summed E-state index contributed by atoms with van der Waals surface area (Å²) in [4.78, 5) is 27.6. The van der Waals surface area contributed by atoms with Gasteiger partial charge in [-0.1, -0.05) is 69.7 Å². The monoisotopic (exact) mass is 424 g/mol. The van der Waals surface area contributed by atoms with Gasteiger partial charge in [-0.25, -0.2) is 0 Å². The van der Waals surface area contributed by atoms with E-state index < -0.39 is 6.04 Å². The van der Waals surface area contributed by atoms with E-state index in [1.807, 2.05) is 61.5 Å². The summed E-state index contributed by atoms with van der Waals surface area (Å²) in [7, 11) is 0. The minimum absolute atomic E-state index is 0.0843. The number of hydrogen-bond acceptors (Lipinski definition) is 3. The normalized spacial score (nSPS) is 11.6. The lowest BCUT2D eigenvalue weighted by molar-refractivity contribution is -0.142. The largest absolute Gasteiger partial charge is 0.484 e. The van der Waals surface area contributed by atoms with E-state index in [-0.39, 0.29) is 18.4 Å². The van der Waals surface area contributed by atoms with Crippen LogP contribution in [0.2, 0.25) is 0 Å². The molecule has 1 atom stereocenters. The molecule has 31 heavy (non-hydrogen) atoms. The summed E-state index contributed by atoms with van der Waals surface area (Å²) in [5.41, 5.74) is 2.36. The molecule has 2 aromatic carbocycles. The lowest BCUT2D eigenvalue weighted by Crippen LogP contribution is -2.51. The number of amides is 2. The molecule has 5 heteroatoms. The molecule has 5 nitrogen and oxygen atoms in total. The van der Waals surface area contributed by atoms with Crippen LogP contribution in [0.15, 0.2) is 54.6 Å².